The van der Waals surface area contributed by atoms with Gasteiger partial charge in [0.2, 0.25) is 0 Å². The number of fused-ring (bicyclic) bond motifs is 6. The lowest BCUT2D eigenvalue weighted by molar-refractivity contribution is 0.604. The maximum atomic E-state index is 6.52. The molecule has 0 saturated heterocycles. The number of para-hydroxylation sites is 1. The summed E-state index contributed by atoms with van der Waals surface area (Å²) in [6.45, 7) is 0.794. The third-order valence-corrected chi connectivity index (χ3v) is 9.07. The molecule has 3 heteroatoms. The Kier molecular flexibility index (Phi) is 6.20. The Bertz CT molecular complexity index is 2400. The van der Waals surface area contributed by atoms with Gasteiger partial charge in [-0.05, 0) is 92.3 Å². The van der Waals surface area contributed by atoms with Crippen LogP contribution in [0.2, 0.25) is 0 Å². The van der Waals surface area contributed by atoms with Gasteiger partial charge < -0.3 is 14.6 Å². The van der Waals surface area contributed by atoms with Crippen molar-refractivity contribution in [3.8, 4) is 22.3 Å². The number of nitrogens with zero attached hydrogens (tertiary/aromatic N) is 1. The van der Waals surface area contributed by atoms with Gasteiger partial charge >= 0.3 is 0 Å². The van der Waals surface area contributed by atoms with Crippen LogP contribution in [0.5, 0.6) is 0 Å². The first-order valence-corrected chi connectivity index (χ1v) is 15.7. The minimum absolute atomic E-state index is 0.794. The molecule has 46 heavy (non-hydrogen) atoms. The summed E-state index contributed by atoms with van der Waals surface area (Å²) in [7, 11) is 0. The third-order valence-electron chi connectivity index (χ3n) is 9.07. The molecule has 9 rings (SSSR count). The van der Waals surface area contributed by atoms with Crippen LogP contribution in [0.3, 0.4) is 0 Å². The molecule has 0 radical (unpaired) electrons. The molecular formula is C43H30N2O. The van der Waals surface area contributed by atoms with Crippen molar-refractivity contribution in [3.05, 3.63) is 163 Å². The minimum atomic E-state index is 0.794. The molecule has 1 aromatic heterocycles. The van der Waals surface area contributed by atoms with Crippen LogP contribution in [-0.2, 0) is 0 Å². The second kappa shape index (κ2) is 10.8. The van der Waals surface area contributed by atoms with E-state index in [-0.39, 0.29) is 0 Å². The van der Waals surface area contributed by atoms with Crippen LogP contribution < -0.4 is 10.2 Å². The second-order valence-corrected chi connectivity index (χ2v) is 11.8. The zero-order chi connectivity index (χ0) is 30.5. The molecule has 0 fully saturated rings. The summed E-state index contributed by atoms with van der Waals surface area (Å²) >= 11 is 0. The fourth-order valence-corrected chi connectivity index (χ4v) is 6.77. The Labute approximate surface area is 267 Å². The van der Waals surface area contributed by atoms with E-state index in [4.69, 9.17) is 4.42 Å². The summed E-state index contributed by atoms with van der Waals surface area (Å²) in [5.74, 6) is 0.868. The smallest absolute Gasteiger partial charge is 0.160 e. The first kappa shape index (κ1) is 26.4. The number of hydrogen-bond acceptors (Lipinski definition) is 3. The van der Waals surface area contributed by atoms with Crippen molar-refractivity contribution in [3.63, 3.8) is 0 Å². The number of anilines is 4. The molecule has 7 aromatic carbocycles. The molecule has 0 atom stereocenters. The van der Waals surface area contributed by atoms with Crippen molar-refractivity contribution in [1.29, 1.82) is 0 Å². The van der Waals surface area contributed by atoms with Crippen molar-refractivity contribution >= 4 is 61.3 Å². The van der Waals surface area contributed by atoms with Gasteiger partial charge in [0, 0.05) is 23.3 Å². The Morgan fingerprint density at radius 1 is 0.500 bits per heavy atom. The summed E-state index contributed by atoms with van der Waals surface area (Å²) in [5.41, 5.74) is 9.81. The fraction of sp³-hybridized carbons (Fsp3) is 0.0233. The number of furan rings is 1. The van der Waals surface area contributed by atoms with E-state index in [1.165, 1.54) is 43.8 Å². The van der Waals surface area contributed by atoms with Crippen molar-refractivity contribution in [1.82, 2.24) is 0 Å². The molecule has 0 spiro atoms. The summed E-state index contributed by atoms with van der Waals surface area (Å²) in [6.07, 6.45) is 4.16. The molecule has 8 aromatic rings. The molecule has 0 amide bonds. The monoisotopic (exact) mass is 590 g/mol. The lowest BCUT2D eigenvalue weighted by Gasteiger charge is -2.26. The number of hydrogen-bond donors (Lipinski definition) is 1. The lowest BCUT2D eigenvalue weighted by Crippen LogP contribution is -2.10. The van der Waals surface area contributed by atoms with Crippen molar-refractivity contribution in [2.24, 2.45) is 0 Å². The SMILES string of the molecule is C1=Cc2oc3c(N(c4ccc(-c5ccccc5)cc4)c4ccc(-c5ccc6ccc7ccccc7c6c5)cc4)cccc3c2NC1. The first-order chi connectivity index (χ1) is 22.8. The van der Waals surface area contributed by atoms with E-state index in [2.05, 4.69) is 174 Å². The van der Waals surface area contributed by atoms with Crippen LogP contribution >= 0.6 is 0 Å². The normalized spacial score (nSPS) is 12.3. The Balaban J connectivity index is 1.16. The van der Waals surface area contributed by atoms with Crippen LogP contribution in [0.15, 0.2) is 162 Å². The van der Waals surface area contributed by atoms with E-state index in [0.717, 1.165) is 46.0 Å². The Morgan fingerprint density at radius 2 is 1.11 bits per heavy atom. The van der Waals surface area contributed by atoms with E-state index >= 15 is 0 Å². The van der Waals surface area contributed by atoms with E-state index in [1.807, 2.05) is 0 Å². The molecule has 0 bridgehead atoms. The van der Waals surface area contributed by atoms with Crippen LogP contribution in [0.25, 0.3) is 60.8 Å². The van der Waals surface area contributed by atoms with Crippen molar-refractivity contribution in [2.75, 3.05) is 16.8 Å². The first-order valence-electron chi connectivity index (χ1n) is 15.7. The van der Waals surface area contributed by atoms with Crippen molar-refractivity contribution < 1.29 is 4.42 Å². The molecular weight excluding hydrogens is 560 g/mol. The zero-order valence-electron chi connectivity index (χ0n) is 25.2. The van der Waals surface area contributed by atoms with E-state index < -0.39 is 0 Å². The van der Waals surface area contributed by atoms with Gasteiger partial charge in [0.25, 0.3) is 0 Å². The highest BCUT2D eigenvalue weighted by atomic mass is 16.3. The summed E-state index contributed by atoms with van der Waals surface area (Å²) in [5, 5.41) is 9.66. The lowest BCUT2D eigenvalue weighted by atomic mass is 9.97. The molecule has 3 nitrogen and oxygen atoms in total. The highest BCUT2D eigenvalue weighted by Gasteiger charge is 2.22. The highest BCUT2D eigenvalue weighted by molar-refractivity contribution is 6.09. The maximum absolute atomic E-state index is 6.52. The number of rotatable bonds is 5. The summed E-state index contributed by atoms with van der Waals surface area (Å²) in [4.78, 5) is 2.30. The molecule has 0 aliphatic carbocycles. The predicted octanol–water partition coefficient (Wildman–Crippen LogP) is 12.0. The zero-order valence-corrected chi connectivity index (χ0v) is 25.2. The van der Waals surface area contributed by atoms with Gasteiger partial charge in [0.05, 0.1) is 11.4 Å². The molecule has 2 heterocycles. The molecule has 0 saturated carbocycles. The number of benzene rings is 7. The summed E-state index contributed by atoms with van der Waals surface area (Å²) in [6, 6.07) is 54.4. The number of nitrogens with one attached hydrogen (secondary N) is 1. The van der Waals surface area contributed by atoms with Gasteiger partial charge in [0.15, 0.2) is 11.3 Å². The van der Waals surface area contributed by atoms with Gasteiger partial charge in [-0.2, -0.15) is 0 Å². The molecule has 1 N–H and O–H groups in total. The Hall–Kier alpha value is -6.06. The van der Waals surface area contributed by atoms with Crippen LogP contribution in [-0.4, -0.2) is 6.54 Å². The maximum Gasteiger partial charge on any atom is 0.160 e. The van der Waals surface area contributed by atoms with Gasteiger partial charge in [-0.25, -0.2) is 0 Å². The van der Waals surface area contributed by atoms with Crippen LogP contribution in [0.4, 0.5) is 22.7 Å². The van der Waals surface area contributed by atoms with E-state index in [0.29, 0.717) is 0 Å². The van der Waals surface area contributed by atoms with Crippen LogP contribution in [0, 0.1) is 0 Å². The van der Waals surface area contributed by atoms with Crippen molar-refractivity contribution in [2.45, 2.75) is 0 Å². The Morgan fingerprint density at radius 3 is 1.89 bits per heavy atom. The van der Waals surface area contributed by atoms with Crippen LogP contribution in [0.1, 0.15) is 5.76 Å². The molecule has 1 aliphatic heterocycles. The van der Waals surface area contributed by atoms with E-state index in [9.17, 15) is 0 Å². The van der Waals surface area contributed by atoms with E-state index in [1.54, 1.807) is 0 Å². The standard InChI is InChI=1S/C43H30N2O/c1-2-8-29(9-3-1)30-19-23-35(24-20-30)45(40-13-6-12-38-42-41(46-43(38)40)14-7-27-44-42)36-25-21-31(22-26-36)34-18-17-33-16-15-32-10-4-5-11-37(32)39(33)28-34/h1-26,28,44H,27H2. The van der Waals surface area contributed by atoms with Gasteiger partial charge in [-0.15, -0.1) is 0 Å². The largest absolute Gasteiger partial charge is 0.452 e. The van der Waals surface area contributed by atoms with Gasteiger partial charge in [-0.1, -0.05) is 115 Å². The molecule has 218 valence electrons. The van der Waals surface area contributed by atoms with Gasteiger partial charge in [0.1, 0.15) is 0 Å². The van der Waals surface area contributed by atoms with Gasteiger partial charge in [-0.3, -0.25) is 0 Å². The average molecular weight is 591 g/mol. The molecule has 0 unspecified atom stereocenters. The topological polar surface area (TPSA) is 28.4 Å². The molecule has 1 aliphatic rings. The third kappa shape index (κ3) is 4.44. The average Bonchev–Trinajstić information content (AvgIpc) is 3.52. The fourth-order valence-electron chi connectivity index (χ4n) is 6.77. The quantitative estimate of drug-likeness (QED) is 0.202. The minimum Gasteiger partial charge on any atom is -0.452 e. The second-order valence-electron chi connectivity index (χ2n) is 11.8. The predicted molar refractivity (Wildman–Crippen MR) is 194 cm³/mol. The highest BCUT2D eigenvalue weighted by Crippen LogP contribution is 2.44. The summed E-state index contributed by atoms with van der Waals surface area (Å²) < 4.78 is 6.52.